The van der Waals surface area contributed by atoms with Crippen molar-refractivity contribution in [1.29, 1.82) is 0 Å². The summed E-state index contributed by atoms with van der Waals surface area (Å²) in [4.78, 5) is 23.8. The van der Waals surface area contributed by atoms with E-state index < -0.39 is 0 Å². The molecular formula is C17H27N3O2. The van der Waals surface area contributed by atoms with Gasteiger partial charge in [-0.2, -0.15) is 0 Å². The summed E-state index contributed by atoms with van der Waals surface area (Å²) in [5.41, 5.74) is 0.976. The van der Waals surface area contributed by atoms with Crippen LogP contribution in [-0.2, 0) is 4.79 Å². The van der Waals surface area contributed by atoms with Gasteiger partial charge in [-0.1, -0.05) is 25.3 Å². The van der Waals surface area contributed by atoms with Gasteiger partial charge >= 0.3 is 6.03 Å². The van der Waals surface area contributed by atoms with Gasteiger partial charge in [0.1, 0.15) is 0 Å². The molecule has 22 heavy (non-hydrogen) atoms. The van der Waals surface area contributed by atoms with E-state index in [-0.39, 0.29) is 17.4 Å². The van der Waals surface area contributed by atoms with Crippen LogP contribution in [0.15, 0.2) is 11.8 Å². The lowest BCUT2D eigenvalue weighted by Crippen LogP contribution is -2.51. The molecule has 1 unspecified atom stereocenters. The van der Waals surface area contributed by atoms with Crippen molar-refractivity contribution in [2.45, 2.75) is 70.3 Å². The van der Waals surface area contributed by atoms with Gasteiger partial charge < -0.3 is 16.0 Å². The molecule has 0 spiro atoms. The molecule has 2 aliphatic carbocycles. The van der Waals surface area contributed by atoms with Crippen molar-refractivity contribution in [2.75, 3.05) is 6.54 Å². The summed E-state index contributed by atoms with van der Waals surface area (Å²) < 4.78 is 0. The Morgan fingerprint density at radius 1 is 1.23 bits per heavy atom. The Hall–Kier alpha value is -1.52. The van der Waals surface area contributed by atoms with Gasteiger partial charge in [-0.05, 0) is 38.5 Å². The second-order valence-corrected chi connectivity index (χ2v) is 7.00. The molecule has 3 rings (SSSR count). The summed E-state index contributed by atoms with van der Waals surface area (Å²) in [5.74, 6) is 0.107. The van der Waals surface area contributed by atoms with Crippen molar-refractivity contribution in [3.05, 3.63) is 11.8 Å². The highest BCUT2D eigenvalue weighted by Crippen LogP contribution is 2.42. The second-order valence-electron chi connectivity index (χ2n) is 7.00. The van der Waals surface area contributed by atoms with Crippen LogP contribution in [0.25, 0.3) is 0 Å². The largest absolute Gasteiger partial charge is 0.337 e. The number of rotatable bonds is 3. The zero-order valence-corrected chi connectivity index (χ0v) is 13.2. The molecule has 0 aromatic carbocycles. The number of nitrogens with one attached hydrogen (secondary N) is 3. The minimum atomic E-state index is -0.0595. The standard InChI is InChI=1S/C17H27N3O2/c21-15-9-11-17(10-5-4-8-14(17)20-15)12-18-16(22)19-13-6-2-1-3-7-13/h8,13H,1-7,9-12H2,(H,20,21)(H2,18,19,22). The van der Waals surface area contributed by atoms with Crippen molar-refractivity contribution >= 4 is 11.9 Å². The van der Waals surface area contributed by atoms with Gasteiger partial charge in [0.25, 0.3) is 0 Å². The van der Waals surface area contributed by atoms with E-state index in [1.165, 1.54) is 19.3 Å². The van der Waals surface area contributed by atoms with E-state index in [2.05, 4.69) is 22.0 Å². The van der Waals surface area contributed by atoms with Crippen molar-refractivity contribution in [1.82, 2.24) is 16.0 Å². The fraction of sp³-hybridized carbons (Fsp3) is 0.765. The smallest absolute Gasteiger partial charge is 0.315 e. The molecule has 1 heterocycles. The molecule has 3 aliphatic rings. The molecule has 2 fully saturated rings. The fourth-order valence-electron chi connectivity index (χ4n) is 4.05. The predicted octanol–water partition coefficient (Wildman–Crippen LogP) is 2.58. The van der Waals surface area contributed by atoms with Gasteiger partial charge in [0.15, 0.2) is 0 Å². The van der Waals surface area contributed by atoms with Crippen LogP contribution >= 0.6 is 0 Å². The Morgan fingerprint density at radius 2 is 2.05 bits per heavy atom. The van der Waals surface area contributed by atoms with Crippen molar-refractivity contribution in [3.8, 4) is 0 Å². The average molecular weight is 305 g/mol. The van der Waals surface area contributed by atoms with Crippen LogP contribution in [0.4, 0.5) is 4.79 Å². The van der Waals surface area contributed by atoms with Crippen LogP contribution in [0, 0.1) is 5.41 Å². The number of urea groups is 1. The molecule has 0 aromatic rings. The van der Waals surface area contributed by atoms with E-state index in [0.717, 1.165) is 44.2 Å². The van der Waals surface area contributed by atoms with Gasteiger partial charge in [-0.3, -0.25) is 4.79 Å². The molecule has 1 atom stereocenters. The molecule has 1 saturated carbocycles. The maximum absolute atomic E-state index is 12.2. The summed E-state index contributed by atoms with van der Waals surface area (Å²) in [6, 6.07) is 0.279. The lowest BCUT2D eigenvalue weighted by Gasteiger charge is -2.42. The average Bonchev–Trinajstić information content (AvgIpc) is 2.54. The van der Waals surface area contributed by atoms with Crippen molar-refractivity contribution < 1.29 is 9.59 Å². The third kappa shape index (κ3) is 3.45. The van der Waals surface area contributed by atoms with Gasteiger partial charge in [0.2, 0.25) is 5.91 Å². The molecule has 1 saturated heterocycles. The van der Waals surface area contributed by atoms with E-state index in [1.54, 1.807) is 0 Å². The van der Waals surface area contributed by atoms with Crippen molar-refractivity contribution in [2.24, 2.45) is 5.41 Å². The molecule has 5 nitrogen and oxygen atoms in total. The van der Waals surface area contributed by atoms with Gasteiger partial charge in [0.05, 0.1) is 0 Å². The SMILES string of the molecule is O=C1CCC2(CNC(=O)NC3CCCCC3)CCCC=C2N1. The quantitative estimate of drug-likeness (QED) is 0.750. The van der Waals surface area contributed by atoms with Crippen LogP contribution < -0.4 is 16.0 Å². The number of allylic oxidation sites excluding steroid dienone is 1. The monoisotopic (exact) mass is 305 g/mol. The number of piperidine rings is 1. The lowest BCUT2D eigenvalue weighted by molar-refractivity contribution is -0.122. The highest BCUT2D eigenvalue weighted by Gasteiger charge is 2.40. The minimum absolute atomic E-state index is 0.0527. The summed E-state index contributed by atoms with van der Waals surface area (Å²) in [6.45, 7) is 0.623. The number of hydrogen-bond donors (Lipinski definition) is 3. The van der Waals surface area contributed by atoms with Crippen LogP contribution in [0.5, 0.6) is 0 Å². The normalized spacial score (nSPS) is 29.1. The summed E-state index contributed by atoms with van der Waals surface area (Å²) in [7, 11) is 0. The Balaban J connectivity index is 1.54. The predicted molar refractivity (Wildman–Crippen MR) is 85.2 cm³/mol. The first kappa shape index (κ1) is 15.4. The van der Waals surface area contributed by atoms with E-state index >= 15 is 0 Å². The Labute approximate surface area is 132 Å². The third-order valence-electron chi connectivity index (χ3n) is 5.41. The Kier molecular flexibility index (Phi) is 4.69. The number of carbonyl (C=O) groups excluding carboxylic acids is 2. The highest BCUT2D eigenvalue weighted by molar-refractivity contribution is 5.80. The Bertz CT molecular complexity index is 469. The topological polar surface area (TPSA) is 70.2 Å². The molecule has 0 bridgehead atoms. The lowest BCUT2D eigenvalue weighted by atomic mass is 9.70. The zero-order chi connectivity index (χ0) is 15.4. The minimum Gasteiger partial charge on any atom is -0.337 e. The first-order chi connectivity index (χ1) is 10.7. The maximum Gasteiger partial charge on any atom is 0.315 e. The van der Waals surface area contributed by atoms with E-state index in [0.29, 0.717) is 19.0 Å². The first-order valence-corrected chi connectivity index (χ1v) is 8.73. The number of fused-ring (bicyclic) bond motifs is 1. The number of amides is 3. The van der Waals surface area contributed by atoms with Gasteiger partial charge in [-0.25, -0.2) is 4.79 Å². The maximum atomic E-state index is 12.2. The molecule has 5 heteroatoms. The Morgan fingerprint density at radius 3 is 2.86 bits per heavy atom. The van der Waals surface area contributed by atoms with Crippen LogP contribution in [0.3, 0.4) is 0 Å². The first-order valence-electron chi connectivity index (χ1n) is 8.73. The molecule has 3 amide bonds. The van der Waals surface area contributed by atoms with Gasteiger partial charge in [0, 0.05) is 30.1 Å². The summed E-state index contributed by atoms with van der Waals surface area (Å²) in [6.07, 6.45) is 12.6. The molecule has 0 aromatic heterocycles. The summed E-state index contributed by atoms with van der Waals surface area (Å²) >= 11 is 0. The van der Waals surface area contributed by atoms with Crippen LogP contribution in [0.1, 0.15) is 64.2 Å². The van der Waals surface area contributed by atoms with Crippen molar-refractivity contribution in [3.63, 3.8) is 0 Å². The molecule has 3 N–H and O–H groups in total. The van der Waals surface area contributed by atoms with E-state index in [1.807, 2.05) is 0 Å². The highest BCUT2D eigenvalue weighted by atomic mass is 16.2. The third-order valence-corrected chi connectivity index (χ3v) is 5.41. The number of hydrogen-bond acceptors (Lipinski definition) is 2. The van der Waals surface area contributed by atoms with Crippen LogP contribution in [0.2, 0.25) is 0 Å². The fourth-order valence-corrected chi connectivity index (χ4v) is 4.05. The zero-order valence-electron chi connectivity index (χ0n) is 13.2. The molecule has 0 radical (unpaired) electrons. The molecule has 1 aliphatic heterocycles. The second kappa shape index (κ2) is 6.71. The van der Waals surface area contributed by atoms with E-state index in [9.17, 15) is 9.59 Å². The van der Waals surface area contributed by atoms with E-state index in [4.69, 9.17) is 0 Å². The summed E-state index contributed by atoms with van der Waals surface area (Å²) in [5, 5.41) is 9.18. The molecule has 122 valence electrons. The van der Waals surface area contributed by atoms with Gasteiger partial charge in [-0.15, -0.1) is 0 Å². The molecular weight excluding hydrogens is 278 g/mol. The number of carbonyl (C=O) groups is 2. The van der Waals surface area contributed by atoms with Crippen LogP contribution in [-0.4, -0.2) is 24.5 Å².